The number of aliphatic hydroxyl groups excluding tert-OH is 1. The number of hydrogen-bond donors (Lipinski definition) is 2. The predicted octanol–water partition coefficient (Wildman–Crippen LogP) is 0.899. The largest absolute Gasteiger partial charge is 0.480 e. The van der Waals surface area contributed by atoms with Crippen molar-refractivity contribution in [3.63, 3.8) is 0 Å². The fraction of sp³-hybridized carbons (Fsp3) is 0.818. The number of carboxylic acid groups (broad SMARTS) is 1. The van der Waals surface area contributed by atoms with Crippen molar-refractivity contribution in [3.05, 3.63) is 0 Å². The zero-order valence-electron chi connectivity index (χ0n) is 11.1. The molecule has 1 fully saturated rings. The Labute approximate surface area is 113 Å². The highest BCUT2D eigenvalue weighted by molar-refractivity contribution is 5.83. The zero-order valence-corrected chi connectivity index (χ0v) is 11.1. The molecule has 0 aromatic rings. The number of alkyl halides is 3. The normalized spacial score (nSPS) is 23.2. The molecular formula is C11H17F3N2O4. The number of carbonyl (C=O) groups excluding carboxylic acids is 1. The third kappa shape index (κ3) is 3.99. The Kier molecular flexibility index (Phi) is 4.85. The van der Waals surface area contributed by atoms with E-state index >= 15 is 0 Å². The summed E-state index contributed by atoms with van der Waals surface area (Å²) in [5.41, 5.74) is 0. The Morgan fingerprint density at radius 2 is 1.95 bits per heavy atom. The lowest BCUT2D eigenvalue weighted by Gasteiger charge is -2.33. The average molecular weight is 298 g/mol. The van der Waals surface area contributed by atoms with Crippen LogP contribution in [0.3, 0.4) is 0 Å². The lowest BCUT2D eigenvalue weighted by Crippen LogP contribution is -2.52. The molecule has 9 heteroatoms. The van der Waals surface area contributed by atoms with E-state index in [2.05, 4.69) is 0 Å². The lowest BCUT2D eigenvalue weighted by atomic mass is 10.2. The van der Waals surface area contributed by atoms with Crippen LogP contribution in [0.15, 0.2) is 0 Å². The highest BCUT2D eigenvalue weighted by Gasteiger charge is 2.43. The van der Waals surface area contributed by atoms with E-state index < -0.39 is 42.9 Å². The third-order valence-corrected chi connectivity index (χ3v) is 3.03. The molecule has 116 valence electrons. The van der Waals surface area contributed by atoms with Crippen molar-refractivity contribution in [2.45, 2.75) is 44.6 Å². The van der Waals surface area contributed by atoms with Gasteiger partial charge in [0.1, 0.15) is 12.6 Å². The minimum Gasteiger partial charge on any atom is -0.480 e. The van der Waals surface area contributed by atoms with Crippen molar-refractivity contribution in [2.24, 2.45) is 0 Å². The highest BCUT2D eigenvalue weighted by Crippen LogP contribution is 2.24. The highest BCUT2D eigenvalue weighted by atomic mass is 19.4. The van der Waals surface area contributed by atoms with Crippen LogP contribution in [0.2, 0.25) is 0 Å². The van der Waals surface area contributed by atoms with E-state index in [9.17, 15) is 27.9 Å². The van der Waals surface area contributed by atoms with Gasteiger partial charge in [0.15, 0.2) is 0 Å². The van der Waals surface area contributed by atoms with Gasteiger partial charge in [-0.1, -0.05) is 0 Å². The van der Waals surface area contributed by atoms with Gasteiger partial charge in [0.2, 0.25) is 0 Å². The monoisotopic (exact) mass is 298 g/mol. The van der Waals surface area contributed by atoms with Gasteiger partial charge < -0.3 is 20.0 Å². The van der Waals surface area contributed by atoms with Crippen LogP contribution in [0, 0.1) is 0 Å². The van der Waals surface area contributed by atoms with Gasteiger partial charge in [0.25, 0.3) is 0 Å². The second kappa shape index (κ2) is 5.86. The summed E-state index contributed by atoms with van der Waals surface area (Å²) >= 11 is 0. The smallest absolute Gasteiger partial charge is 0.406 e. The number of urea groups is 1. The van der Waals surface area contributed by atoms with Crippen molar-refractivity contribution in [1.82, 2.24) is 9.80 Å². The molecule has 0 aliphatic carbocycles. The fourth-order valence-corrected chi connectivity index (χ4v) is 2.09. The van der Waals surface area contributed by atoms with Crippen molar-refractivity contribution >= 4 is 12.0 Å². The van der Waals surface area contributed by atoms with Crippen LogP contribution in [0.5, 0.6) is 0 Å². The van der Waals surface area contributed by atoms with Crippen molar-refractivity contribution in [1.29, 1.82) is 0 Å². The maximum atomic E-state index is 12.5. The van der Waals surface area contributed by atoms with Crippen LogP contribution in [0.1, 0.15) is 20.3 Å². The van der Waals surface area contributed by atoms with E-state index in [1.54, 1.807) is 0 Å². The number of halogens is 3. The molecule has 20 heavy (non-hydrogen) atoms. The first-order valence-corrected chi connectivity index (χ1v) is 6.07. The van der Waals surface area contributed by atoms with E-state index in [-0.39, 0.29) is 13.0 Å². The van der Waals surface area contributed by atoms with Crippen LogP contribution in [-0.4, -0.2) is 69.5 Å². The van der Waals surface area contributed by atoms with Crippen LogP contribution in [0.25, 0.3) is 0 Å². The summed E-state index contributed by atoms with van der Waals surface area (Å²) < 4.78 is 37.4. The van der Waals surface area contributed by atoms with E-state index in [4.69, 9.17) is 5.11 Å². The second-order valence-corrected chi connectivity index (χ2v) is 5.02. The van der Waals surface area contributed by atoms with Gasteiger partial charge >= 0.3 is 18.2 Å². The SMILES string of the molecule is CC(C)N(CC(F)(F)F)C(=O)N1C[C@@H](O)C[C@H]1C(=O)O. The second-order valence-electron chi connectivity index (χ2n) is 5.02. The van der Waals surface area contributed by atoms with Crippen LogP contribution >= 0.6 is 0 Å². The molecule has 1 aliphatic rings. The molecule has 6 nitrogen and oxygen atoms in total. The summed E-state index contributed by atoms with van der Waals surface area (Å²) in [5.74, 6) is -1.34. The van der Waals surface area contributed by atoms with E-state index in [0.29, 0.717) is 4.90 Å². The van der Waals surface area contributed by atoms with E-state index in [0.717, 1.165) is 4.90 Å². The maximum Gasteiger partial charge on any atom is 0.406 e. The van der Waals surface area contributed by atoms with Gasteiger partial charge in [-0.25, -0.2) is 9.59 Å². The molecule has 0 aromatic heterocycles. The number of likely N-dealkylation sites (tertiary alicyclic amines) is 1. The summed E-state index contributed by atoms with van der Waals surface area (Å²) in [6.07, 6.45) is -5.80. The minimum atomic E-state index is -4.57. The maximum absolute atomic E-state index is 12.5. The summed E-state index contributed by atoms with van der Waals surface area (Å²) in [7, 11) is 0. The first-order valence-electron chi connectivity index (χ1n) is 6.07. The first kappa shape index (κ1) is 16.5. The fourth-order valence-electron chi connectivity index (χ4n) is 2.09. The van der Waals surface area contributed by atoms with Gasteiger partial charge in [-0.15, -0.1) is 0 Å². The molecule has 2 amide bonds. The molecular weight excluding hydrogens is 281 g/mol. The number of β-amino-alcohol motifs (C(OH)–C–C–N with tert-alkyl or cyclic N) is 1. The van der Waals surface area contributed by atoms with Crippen molar-refractivity contribution in [3.8, 4) is 0 Å². The molecule has 0 saturated carbocycles. The number of rotatable bonds is 3. The van der Waals surface area contributed by atoms with Gasteiger partial charge in [0, 0.05) is 19.0 Å². The zero-order chi connectivity index (χ0) is 15.7. The number of aliphatic hydroxyl groups is 1. The number of aliphatic carboxylic acids is 1. The first-order chi connectivity index (χ1) is 9.03. The quantitative estimate of drug-likeness (QED) is 0.811. The molecule has 2 atom stereocenters. The number of carbonyl (C=O) groups is 2. The van der Waals surface area contributed by atoms with Gasteiger partial charge in [-0.3, -0.25) is 0 Å². The summed E-state index contributed by atoms with van der Waals surface area (Å²) in [4.78, 5) is 24.4. The molecule has 0 unspecified atom stereocenters. The summed E-state index contributed by atoms with van der Waals surface area (Å²) in [6, 6.07) is -3.07. The van der Waals surface area contributed by atoms with Gasteiger partial charge in [-0.2, -0.15) is 13.2 Å². The number of hydrogen-bond acceptors (Lipinski definition) is 3. The number of nitrogens with zero attached hydrogens (tertiary/aromatic N) is 2. The van der Waals surface area contributed by atoms with Crippen LogP contribution in [-0.2, 0) is 4.79 Å². The Morgan fingerprint density at radius 3 is 2.35 bits per heavy atom. The molecule has 0 aromatic carbocycles. The summed E-state index contributed by atoms with van der Waals surface area (Å²) in [6.45, 7) is 1.08. The number of amides is 2. The van der Waals surface area contributed by atoms with Crippen molar-refractivity contribution < 1.29 is 33.0 Å². The summed E-state index contributed by atoms with van der Waals surface area (Å²) in [5, 5.41) is 18.4. The molecule has 1 saturated heterocycles. The van der Waals surface area contributed by atoms with Crippen molar-refractivity contribution in [2.75, 3.05) is 13.1 Å². The minimum absolute atomic E-state index is 0.182. The third-order valence-electron chi connectivity index (χ3n) is 3.03. The number of carboxylic acids is 1. The molecule has 2 N–H and O–H groups in total. The lowest BCUT2D eigenvalue weighted by molar-refractivity contribution is -0.145. The van der Waals surface area contributed by atoms with Crippen LogP contribution < -0.4 is 0 Å². The Balaban J connectivity index is 2.91. The Hall–Kier alpha value is -1.51. The van der Waals surface area contributed by atoms with Crippen LogP contribution in [0.4, 0.5) is 18.0 Å². The molecule has 0 radical (unpaired) electrons. The molecule has 1 aliphatic heterocycles. The van der Waals surface area contributed by atoms with Gasteiger partial charge in [-0.05, 0) is 13.8 Å². The van der Waals surface area contributed by atoms with Gasteiger partial charge in [0.05, 0.1) is 6.10 Å². The standard InChI is InChI=1S/C11H17F3N2O4/c1-6(2)16(5-11(12,13)14)10(20)15-4-7(17)3-8(15)9(18)19/h6-8,17H,3-5H2,1-2H3,(H,18,19)/t7-,8-/m0/s1. The van der Waals surface area contributed by atoms with E-state index in [1.165, 1.54) is 13.8 Å². The molecule has 1 heterocycles. The molecule has 1 rings (SSSR count). The molecule has 0 spiro atoms. The Morgan fingerprint density at radius 1 is 1.40 bits per heavy atom. The van der Waals surface area contributed by atoms with E-state index in [1.807, 2.05) is 0 Å². The average Bonchev–Trinajstić information content (AvgIpc) is 2.66. The molecule has 0 bridgehead atoms. The topological polar surface area (TPSA) is 81.1 Å². The Bertz CT molecular complexity index is 386. The predicted molar refractivity (Wildman–Crippen MR) is 62.0 cm³/mol.